The van der Waals surface area contributed by atoms with Crippen LogP contribution in [-0.2, 0) is 14.3 Å². The van der Waals surface area contributed by atoms with Gasteiger partial charge in [-0.3, -0.25) is 9.59 Å². The standard InChI is InChI=1S/C13H16O4/c1-9(14)17-11(13(2,3)12(15)16)10-7-5-4-6-8-10/h4-8,11H,1-3H3,(H,15,16). The van der Waals surface area contributed by atoms with Gasteiger partial charge in [-0.25, -0.2) is 0 Å². The van der Waals surface area contributed by atoms with Crippen LogP contribution in [0.4, 0.5) is 0 Å². The van der Waals surface area contributed by atoms with Crippen LogP contribution in [0.15, 0.2) is 30.3 Å². The lowest BCUT2D eigenvalue weighted by atomic mass is 9.82. The Morgan fingerprint density at radius 3 is 2.18 bits per heavy atom. The Balaban J connectivity index is 3.13. The van der Waals surface area contributed by atoms with E-state index in [1.807, 2.05) is 6.07 Å². The van der Waals surface area contributed by atoms with Crippen LogP contribution in [0.2, 0.25) is 0 Å². The molecule has 1 aromatic rings. The second-order valence-corrected chi connectivity index (χ2v) is 4.43. The molecule has 0 fully saturated rings. The molecule has 0 saturated carbocycles. The fourth-order valence-electron chi connectivity index (χ4n) is 1.54. The normalized spacial score (nSPS) is 12.9. The summed E-state index contributed by atoms with van der Waals surface area (Å²) in [5.41, 5.74) is -0.498. The van der Waals surface area contributed by atoms with Crippen LogP contribution in [0.3, 0.4) is 0 Å². The van der Waals surface area contributed by atoms with Gasteiger partial charge in [-0.2, -0.15) is 0 Å². The lowest BCUT2D eigenvalue weighted by molar-refractivity contribution is -0.165. The first kappa shape index (κ1) is 13.2. The SMILES string of the molecule is CC(=O)OC(c1ccccc1)C(C)(C)C(=O)O. The molecule has 0 aliphatic carbocycles. The van der Waals surface area contributed by atoms with Crippen LogP contribution in [0.5, 0.6) is 0 Å². The number of carboxylic acid groups (broad SMARTS) is 1. The second-order valence-electron chi connectivity index (χ2n) is 4.43. The Morgan fingerprint density at radius 2 is 1.76 bits per heavy atom. The number of ether oxygens (including phenoxy) is 1. The number of carboxylic acids is 1. The van der Waals surface area contributed by atoms with Crippen molar-refractivity contribution >= 4 is 11.9 Å². The molecule has 1 N–H and O–H groups in total. The molecule has 92 valence electrons. The molecule has 1 atom stereocenters. The van der Waals surface area contributed by atoms with Crippen molar-refractivity contribution in [1.29, 1.82) is 0 Å². The number of rotatable bonds is 4. The van der Waals surface area contributed by atoms with Gasteiger partial charge in [-0.15, -0.1) is 0 Å². The first-order valence-electron chi connectivity index (χ1n) is 5.31. The van der Waals surface area contributed by atoms with Crippen LogP contribution in [0.25, 0.3) is 0 Å². The predicted octanol–water partition coefficient (Wildman–Crippen LogP) is 2.40. The Hall–Kier alpha value is -1.84. The number of hydrogen-bond acceptors (Lipinski definition) is 3. The van der Waals surface area contributed by atoms with E-state index < -0.39 is 23.5 Å². The molecule has 1 unspecified atom stereocenters. The molecule has 1 aromatic carbocycles. The molecule has 0 bridgehead atoms. The first-order chi connectivity index (χ1) is 7.85. The summed E-state index contributed by atoms with van der Waals surface area (Å²) in [6, 6.07) is 8.88. The first-order valence-corrected chi connectivity index (χ1v) is 5.31. The molecule has 4 heteroatoms. The van der Waals surface area contributed by atoms with E-state index in [1.54, 1.807) is 24.3 Å². The molecule has 0 radical (unpaired) electrons. The summed E-state index contributed by atoms with van der Waals surface area (Å²) in [5.74, 6) is -1.50. The second kappa shape index (κ2) is 4.99. The van der Waals surface area contributed by atoms with Gasteiger partial charge in [0.05, 0.1) is 0 Å². The number of benzene rings is 1. The molecule has 0 aliphatic rings. The van der Waals surface area contributed by atoms with Gasteiger partial charge in [0.2, 0.25) is 0 Å². The third kappa shape index (κ3) is 3.06. The summed E-state index contributed by atoms with van der Waals surface area (Å²) in [6.45, 7) is 4.35. The Labute approximate surface area is 100 Å². The Bertz CT molecular complexity index is 409. The highest BCUT2D eigenvalue weighted by Crippen LogP contribution is 2.36. The number of aliphatic carboxylic acids is 1. The Kier molecular flexibility index (Phi) is 3.89. The smallest absolute Gasteiger partial charge is 0.313 e. The zero-order valence-electron chi connectivity index (χ0n) is 10.1. The molecule has 0 heterocycles. The van der Waals surface area contributed by atoms with Crippen LogP contribution in [-0.4, -0.2) is 17.0 Å². The third-order valence-corrected chi connectivity index (χ3v) is 2.59. The van der Waals surface area contributed by atoms with Gasteiger partial charge >= 0.3 is 11.9 Å². The van der Waals surface area contributed by atoms with Crippen LogP contribution in [0, 0.1) is 5.41 Å². The fourth-order valence-corrected chi connectivity index (χ4v) is 1.54. The zero-order valence-corrected chi connectivity index (χ0v) is 10.1. The molecule has 0 aliphatic heterocycles. The van der Waals surface area contributed by atoms with Crippen molar-refractivity contribution in [3.05, 3.63) is 35.9 Å². The summed E-state index contributed by atoms with van der Waals surface area (Å²) in [4.78, 5) is 22.3. The average molecular weight is 236 g/mol. The summed E-state index contributed by atoms with van der Waals surface area (Å²) < 4.78 is 5.14. The van der Waals surface area contributed by atoms with Gasteiger partial charge in [0.1, 0.15) is 11.5 Å². The van der Waals surface area contributed by atoms with E-state index >= 15 is 0 Å². The van der Waals surface area contributed by atoms with Crippen molar-refractivity contribution in [2.24, 2.45) is 5.41 Å². The van der Waals surface area contributed by atoms with Gasteiger partial charge in [-0.05, 0) is 19.4 Å². The highest BCUT2D eigenvalue weighted by Gasteiger charge is 2.40. The van der Waals surface area contributed by atoms with Crippen LogP contribution < -0.4 is 0 Å². The maximum Gasteiger partial charge on any atom is 0.313 e. The molecular formula is C13H16O4. The quantitative estimate of drug-likeness (QED) is 0.815. The molecule has 17 heavy (non-hydrogen) atoms. The molecule has 1 rings (SSSR count). The molecule has 0 aromatic heterocycles. The van der Waals surface area contributed by atoms with Gasteiger partial charge in [0.15, 0.2) is 0 Å². The minimum Gasteiger partial charge on any atom is -0.481 e. The summed E-state index contributed by atoms with van der Waals surface area (Å²) in [5, 5.41) is 9.19. The minimum atomic E-state index is -1.17. The van der Waals surface area contributed by atoms with E-state index in [-0.39, 0.29) is 0 Å². The molecule has 4 nitrogen and oxygen atoms in total. The van der Waals surface area contributed by atoms with Crippen molar-refractivity contribution < 1.29 is 19.4 Å². The van der Waals surface area contributed by atoms with Crippen LogP contribution in [0.1, 0.15) is 32.4 Å². The van der Waals surface area contributed by atoms with Gasteiger partial charge < -0.3 is 9.84 Å². The largest absolute Gasteiger partial charge is 0.481 e. The monoisotopic (exact) mass is 236 g/mol. The number of carbonyl (C=O) groups is 2. The van der Waals surface area contributed by atoms with Crippen molar-refractivity contribution in [2.75, 3.05) is 0 Å². The molecular weight excluding hydrogens is 220 g/mol. The Morgan fingerprint density at radius 1 is 1.24 bits per heavy atom. The van der Waals surface area contributed by atoms with Crippen LogP contribution >= 0.6 is 0 Å². The lowest BCUT2D eigenvalue weighted by Crippen LogP contribution is -2.33. The highest BCUT2D eigenvalue weighted by atomic mass is 16.5. The lowest BCUT2D eigenvalue weighted by Gasteiger charge is -2.30. The summed E-state index contributed by atoms with van der Waals surface area (Å²) >= 11 is 0. The van der Waals surface area contributed by atoms with Crippen molar-refractivity contribution in [3.63, 3.8) is 0 Å². The van der Waals surface area contributed by atoms with Crippen molar-refractivity contribution in [2.45, 2.75) is 26.9 Å². The summed E-state index contributed by atoms with van der Waals surface area (Å²) in [7, 11) is 0. The average Bonchev–Trinajstić information content (AvgIpc) is 2.26. The summed E-state index contributed by atoms with van der Waals surface area (Å²) in [6.07, 6.45) is -0.793. The van der Waals surface area contributed by atoms with E-state index in [9.17, 15) is 14.7 Å². The van der Waals surface area contributed by atoms with Crippen molar-refractivity contribution in [3.8, 4) is 0 Å². The number of carbonyl (C=O) groups excluding carboxylic acids is 1. The topological polar surface area (TPSA) is 63.6 Å². The molecule has 0 spiro atoms. The van der Waals surface area contributed by atoms with E-state index in [4.69, 9.17) is 4.74 Å². The van der Waals surface area contributed by atoms with E-state index in [0.717, 1.165) is 0 Å². The van der Waals surface area contributed by atoms with E-state index in [2.05, 4.69) is 0 Å². The maximum absolute atomic E-state index is 11.2. The van der Waals surface area contributed by atoms with Crippen molar-refractivity contribution in [1.82, 2.24) is 0 Å². The molecule has 0 amide bonds. The fraction of sp³-hybridized carbons (Fsp3) is 0.385. The minimum absolute atomic E-state index is 0.492. The van der Waals surface area contributed by atoms with Gasteiger partial charge in [-0.1, -0.05) is 30.3 Å². The van der Waals surface area contributed by atoms with E-state index in [1.165, 1.54) is 20.8 Å². The zero-order chi connectivity index (χ0) is 13.1. The number of hydrogen-bond donors (Lipinski definition) is 1. The third-order valence-electron chi connectivity index (χ3n) is 2.59. The number of esters is 1. The highest BCUT2D eigenvalue weighted by molar-refractivity contribution is 5.76. The predicted molar refractivity (Wildman–Crippen MR) is 62.4 cm³/mol. The maximum atomic E-state index is 11.2. The van der Waals surface area contributed by atoms with Gasteiger partial charge in [0, 0.05) is 6.92 Å². The van der Waals surface area contributed by atoms with Gasteiger partial charge in [0.25, 0.3) is 0 Å². The molecule has 0 saturated heterocycles. The van der Waals surface area contributed by atoms with E-state index in [0.29, 0.717) is 5.56 Å².